The van der Waals surface area contributed by atoms with Crippen LogP contribution in [0.2, 0.25) is 5.02 Å². The maximum atomic E-state index is 13.4. The van der Waals surface area contributed by atoms with E-state index in [1.165, 1.54) is 0 Å². The van der Waals surface area contributed by atoms with Gasteiger partial charge in [-0.25, -0.2) is 0 Å². The number of nitrogens with zero attached hydrogens (tertiary/aromatic N) is 2. The molecule has 0 unspecified atom stereocenters. The number of amides is 2. The van der Waals surface area contributed by atoms with E-state index < -0.39 is 5.66 Å². The van der Waals surface area contributed by atoms with E-state index in [9.17, 15) is 9.59 Å². The van der Waals surface area contributed by atoms with E-state index in [0.717, 1.165) is 49.0 Å². The fourth-order valence-corrected chi connectivity index (χ4v) is 4.53. The molecule has 0 bridgehead atoms. The number of methoxy groups -OCH3 is 1. The van der Waals surface area contributed by atoms with Gasteiger partial charge in [0.25, 0.3) is 5.91 Å². The molecule has 7 heteroatoms. The molecule has 31 heavy (non-hydrogen) atoms. The van der Waals surface area contributed by atoms with Crippen molar-refractivity contribution in [1.82, 2.24) is 10.2 Å². The molecule has 0 aromatic heterocycles. The molecule has 1 heterocycles. The number of rotatable bonds is 6. The van der Waals surface area contributed by atoms with Gasteiger partial charge in [0.1, 0.15) is 23.7 Å². The summed E-state index contributed by atoms with van der Waals surface area (Å²) in [4.78, 5) is 32.7. The molecule has 6 nitrogen and oxygen atoms in total. The van der Waals surface area contributed by atoms with Crippen molar-refractivity contribution in [2.45, 2.75) is 44.3 Å². The highest BCUT2D eigenvalue weighted by atomic mass is 35.5. The summed E-state index contributed by atoms with van der Waals surface area (Å²) in [6.45, 7) is 0.298. The summed E-state index contributed by atoms with van der Waals surface area (Å²) in [7, 11) is 1.60. The second-order valence-corrected chi connectivity index (χ2v) is 8.40. The number of hydrogen-bond acceptors (Lipinski definition) is 4. The van der Waals surface area contributed by atoms with Gasteiger partial charge in [0, 0.05) is 17.1 Å². The van der Waals surface area contributed by atoms with Gasteiger partial charge in [-0.3, -0.25) is 14.6 Å². The van der Waals surface area contributed by atoms with Crippen molar-refractivity contribution in [2.75, 3.05) is 13.7 Å². The van der Waals surface area contributed by atoms with E-state index in [4.69, 9.17) is 21.3 Å². The Bertz CT molecular complexity index is 997. The molecule has 2 aromatic rings. The van der Waals surface area contributed by atoms with Crippen LogP contribution in [-0.2, 0) is 16.1 Å². The number of hydrogen-bond donors (Lipinski definition) is 1. The Labute approximate surface area is 187 Å². The Kier molecular flexibility index (Phi) is 6.28. The van der Waals surface area contributed by atoms with E-state index in [-0.39, 0.29) is 18.4 Å². The summed E-state index contributed by atoms with van der Waals surface area (Å²) in [6, 6.07) is 14.7. The Hall–Kier alpha value is -2.86. The standard InChI is InChI=1S/C24H26ClN3O3/c1-31-19-11-9-17(10-12-19)22-23(30)28(24(27-22)13-5-2-6-14-24)16-21(29)26-15-18-7-3-4-8-20(18)25/h3-4,7-12H,2,5-6,13-16H2,1H3,(H,26,29). The van der Waals surface area contributed by atoms with E-state index in [2.05, 4.69) is 5.32 Å². The molecule has 2 aromatic carbocycles. The summed E-state index contributed by atoms with van der Waals surface area (Å²) >= 11 is 6.18. The van der Waals surface area contributed by atoms with Gasteiger partial charge in [-0.15, -0.1) is 0 Å². The molecule has 2 aliphatic rings. The van der Waals surface area contributed by atoms with Gasteiger partial charge < -0.3 is 15.0 Å². The van der Waals surface area contributed by atoms with Crippen molar-refractivity contribution in [3.05, 3.63) is 64.7 Å². The number of benzene rings is 2. The lowest BCUT2D eigenvalue weighted by molar-refractivity contribution is -0.136. The third-order valence-electron chi connectivity index (χ3n) is 6.02. The minimum absolute atomic E-state index is 0.0214. The second kappa shape index (κ2) is 9.10. The highest BCUT2D eigenvalue weighted by Crippen LogP contribution is 2.39. The lowest BCUT2D eigenvalue weighted by Gasteiger charge is -2.38. The number of nitrogens with one attached hydrogen (secondary N) is 1. The molecule has 0 saturated heterocycles. The molecular formula is C24H26ClN3O3. The van der Waals surface area contributed by atoms with E-state index in [1.54, 1.807) is 18.1 Å². The molecule has 1 N–H and O–H groups in total. The lowest BCUT2D eigenvalue weighted by atomic mass is 9.88. The minimum atomic E-state index is -0.633. The third-order valence-corrected chi connectivity index (χ3v) is 6.39. The van der Waals surface area contributed by atoms with Gasteiger partial charge in [0.2, 0.25) is 5.91 Å². The van der Waals surface area contributed by atoms with Crippen LogP contribution in [0.25, 0.3) is 0 Å². The molecule has 1 saturated carbocycles. The average Bonchev–Trinajstić information content (AvgIpc) is 3.05. The predicted octanol–water partition coefficient (Wildman–Crippen LogP) is 3.96. The molecule has 4 rings (SSSR count). The van der Waals surface area contributed by atoms with Crippen LogP contribution in [0.3, 0.4) is 0 Å². The van der Waals surface area contributed by atoms with Gasteiger partial charge in [0.05, 0.1) is 7.11 Å². The van der Waals surface area contributed by atoms with Crippen molar-refractivity contribution >= 4 is 29.1 Å². The predicted molar refractivity (Wildman–Crippen MR) is 120 cm³/mol. The number of ether oxygens (including phenoxy) is 1. The smallest absolute Gasteiger partial charge is 0.275 e. The lowest BCUT2D eigenvalue weighted by Crippen LogP contribution is -2.52. The summed E-state index contributed by atoms with van der Waals surface area (Å²) < 4.78 is 5.22. The number of carbonyl (C=O) groups excluding carboxylic acids is 2. The highest BCUT2D eigenvalue weighted by Gasteiger charge is 2.48. The van der Waals surface area contributed by atoms with Crippen molar-refractivity contribution in [2.24, 2.45) is 4.99 Å². The maximum Gasteiger partial charge on any atom is 0.275 e. The fourth-order valence-electron chi connectivity index (χ4n) is 4.32. The topological polar surface area (TPSA) is 71.0 Å². The zero-order valence-corrected chi connectivity index (χ0v) is 18.3. The van der Waals surface area contributed by atoms with E-state index in [0.29, 0.717) is 17.3 Å². The first-order valence-electron chi connectivity index (χ1n) is 10.6. The average molecular weight is 440 g/mol. The summed E-state index contributed by atoms with van der Waals surface area (Å²) in [5.74, 6) is 0.308. The second-order valence-electron chi connectivity index (χ2n) is 7.99. The quantitative estimate of drug-likeness (QED) is 0.740. The van der Waals surface area contributed by atoms with Crippen molar-refractivity contribution in [3.8, 4) is 5.75 Å². The third kappa shape index (κ3) is 4.44. The summed E-state index contributed by atoms with van der Waals surface area (Å²) in [5.41, 5.74) is 1.37. The van der Waals surface area contributed by atoms with Gasteiger partial charge in [-0.1, -0.05) is 36.2 Å². The van der Waals surface area contributed by atoms with E-state index in [1.807, 2.05) is 42.5 Å². The Morgan fingerprint density at radius 2 is 1.84 bits per heavy atom. The molecule has 2 amide bonds. The van der Waals surface area contributed by atoms with Crippen LogP contribution in [-0.4, -0.2) is 41.7 Å². The Morgan fingerprint density at radius 3 is 2.52 bits per heavy atom. The summed E-state index contributed by atoms with van der Waals surface area (Å²) in [5, 5.41) is 3.50. The minimum Gasteiger partial charge on any atom is -0.497 e. The largest absolute Gasteiger partial charge is 0.497 e. The Balaban J connectivity index is 1.52. The molecule has 1 spiro atoms. The zero-order valence-electron chi connectivity index (χ0n) is 17.6. The molecule has 0 radical (unpaired) electrons. The monoisotopic (exact) mass is 439 g/mol. The van der Waals surface area contributed by atoms with E-state index >= 15 is 0 Å². The SMILES string of the molecule is COc1ccc(C2=NC3(CCCCC3)N(CC(=O)NCc3ccccc3Cl)C2=O)cc1. The summed E-state index contributed by atoms with van der Waals surface area (Å²) in [6.07, 6.45) is 4.65. The highest BCUT2D eigenvalue weighted by molar-refractivity contribution is 6.47. The molecule has 1 aliphatic heterocycles. The van der Waals surface area contributed by atoms with Gasteiger partial charge >= 0.3 is 0 Å². The number of carbonyl (C=O) groups is 2. The van der Waals surface area contributed by atoms with Crippen LogP contribution in [0.15, 0.2) is 53.5 Å². The van der Waals surface area contributed by atoms with Crippen LogP contribution < -0.4 is 10.1 Å². The Morgan fingerprint density at radius 1 is 1.13 bits per heavy atom. The molecule has 0 atom stereocenters. The van der Waals surface area contributed by atoms with Crippen LogP contribution in [0.1, 0.15) is 43.2 Å². The van der Waals surface area contributed by atoms with Gasteiger partial charge in [0.15, 0.2) is 0 Å². The normalized spacial score (nSPS) is 17.5. The van der Waals surface area contributed by atoms with Crippen LogP contribution in [0, 0.1) is 0 Å². The number of aliphatic imine (C=N–C) groups is 1. The van der Waals surface area contributed by atoms with Gasteiger partial charge in [-0.05, 0) is 61.6 Å². The van der Waals surface area contributed by atoms with Crippen molar-refractivity contribution in [3.63, 3.8) is 0 Å². The first-order valence-corrected chi connectivity index (χ1v) is 11.0. The first kappa shape index (κ1) is 21.4. The van der Waals surface area contributed by atoms with Crippen LogP contribution in [0.4, 0.5) is 0 Å². The van der Waals surface area contributed by atoms with Crippen molar-refractivity contribution < 1.29 is 14.3 Å². The molecular weight excluding hydrogens is 414 g/mol. The van der Waals surface area contributed by atoms with Crippen LogP contribution in [0.5, 0.6) is 5.75 Å². The number of halogens is 1. The first-order chi connectivity index (χ1) is 15.0. The van der Waals surface area contributed by atoms with Crippen molar-refractivity contribution in [1.29, 1.82) is 0 Å². The van der Waals surface area contributed by atoms with Gasteiger partial charge in [-0.2, -0.15) is 0 Å². The zero-order chi connectivity index (χ0) is 21.8. The molecule has 162 valence electrons. The molecule has 1 aliphatic carbocycles. The maximum absolute atomic E-state index is 13.4. The fraction of sp³-hybridized carbons (Fsp3) is 0.375. The molecule has 1 fully saturated rings. The van der Waals surface area contributed by atoms with Crippen LogP contribution >= 0.6 is 11.6 Å².